The molecule has 3 aromatic rings. The van der Waals surface area contributed by atoms with Crippen molar-refractivity contribution in [2.45, 2.75) is 32.2 Å². The summed E-state index contributed by atoms with van der Waals surface area (Å²) >= 11 is 0. The van der Waals surface area contributed by atoms with Crippen molar-refractivity contribution >= 4 is 16.9 Å². The fourth-order valence-electron chi connectivity index (χ4n) is 3.71. The van der Waals surface area contributed by atoms with Crippen LogP contribution in [0.1, 0.15) is 46.3 Å². The number of aromatic nitrogens is 2. The summed E-state index contributed by atoms with van der Waals surface area (Å²) in [5, 5.41) is 6.06. The van der Waals surface area contributed by atoms with Crippen LogP contribution in [0.5, 0.6) is 5.75 Å². The molecule has 4 rings (SSSR count). The van der Waals surface area contributed by atoms with Gasteiger partial charge in [-0.25, -0.2) is 9.78 Å². The highest BCUT2D eigenvalue weighted by atomic mass is 16.5. The number of methoxy groups -OCH3 is 1. The van der Waals surface area contributed by atoms with Crippen molar-refractivity contribution in [2.24, 2.45) is 0 Å². The molecular weight excluding hydrogens is 372 g/mol. The second kappa shape index (κ2) is 8.08. The number of aryl methyl sites for hydroxylation is 1. The van der Waals surface area contributed by atoms with Gasteiger partial charge in [0, 0.05) is 18.5 Å². The number of rotatable bonds is 5. The lowest BCUT2D eigenvalue weighted by molar-refractivity contribution is 0.0944. The molecule has 0 bridgehead atoms. The van der Waals surface area contributed by atoms with Crippen molar-refractivity contribution in [3.8, 4) is 5.75 Å². The van der Waals surface area contributed by atoms with Gasteiger partial charge in [-0.3, -0.25) is 4.79 Å². The highest BCUT2D eigenvalue weighted by molar-refractivity contribution is 5.95. The van der Waals surface area contributed by atoms with E-state index in [1.807, 2.05) is 18.2 Å². The molecule has 29 heavy (non-hydrogen) atoms. The molecule has 1 amide bonds. The Kier molecular flexibility index (Phi) is 5.35. The van der Waals surface area contributed by atoms with E-state index in [4.69, 9.17) is 9.15 Å². The van der Waals surface area contributed by atoms with E-state index in [2.05, 4.69) is 20.6 Å². The minimum atomic E-state index is -0.600. The molecule has 8 nitrogen and oxygen atoms in total. The highest BCUT2D eigenvalue weighted by Crippen LogP contribution is 2.23. The fourth-order valence-corrected chi connectivity index (χ4v) is 3.71. The maximum absolute atomic E-state index is 12.6. The number of carbonyl (C=O) groups excluding carboxylic acids is 1. The summed E-state index contributed by atoms with van der Waals surface area (Å²) in [7, 11) is 1.60. The van der Waals surface area contributed by atoms with E-state index in [1.165, 1.54) is 0 Å². The largest absolute Gasteiger partial charge is 0.497 e. The SMILES string of the molecule is COc1ccc2nc(CNC(=O)c3c(C)cc(C4CCCNC4)oc3=O)[nH]c2c1. The van der Waals surface area contributed by atoms with Crippen LogP contribution in [0.15, 0.2) is 33.5 Å². The van der Waals surface area contributed by atoms with Crippen LogP contribution in [0.2, 0.25) is 0 Å². The molecule has 0 spiro atoms. The highest BCUT2D eigenvalue weighted by Gasteiger charge is 2.22. The standard InChI is InChI=1S/C21H24N4O4/c1-12-8-17(13-4-3-7-22-10-13)29-21(27)19(12)20(26)23-11-18-24-15-6-5-14(28-2)9-16(15)25-18/h5-6,8-9,13,22H,3-4,7,10-11H2,1-2H3,(H,23,26)(H,24,25). The van der Waals surface area contributed by atoms with Gasteiger partial charge in [-0.05, 0) is 50.1 Å². The van der Waals surface area contributed by atoms with Gasteiger partial charge in [0.25, 0.3) is 5.91 Å². The molecule has 152 valence electrons. The molecule has 1 unspecified atom stereocenters. The summed E-state index contributed by atoms with van der Waals surface area (Å²) in [6.45, 7) is 3.70. The van der Waals surface area contributed by atoms with Gasteiger partial charge >= 0.3 is 5.63 Å². The van der Waals surface area contributed by atoms with Gasteiger partial charge in [0.15, 0.2) is 0 Å². The number of fused-ring (bicyclic) bond motifs is 1. The first kappa shape index (κ1) is 19.2. The summed E-state index contributed by atoms with van der Waals surface area (Å²) in [5.41, 5.74) is 1.65. The topological polar surface area (TPSA) is 109 Å². The zero-order valence-corrected chi connectivity index (χ0v) is 16.5. The third-order valence-corrected chi connectivity index (χ3v) is 5.25. The zero-order valence-electron chi connectivity index (χ0n) is 16.5. The predicted octanol–water partition coefficient (Wildman–Crippen LogP) is 2.23. The Morgan fingerprint density at radius 2 is 2.24 bits per heavy atom. The first-order valence-corrected chi connectivity index (χ1v) is 9.71. The van der Waals surface area contributed by atoms with Gasteiger partial charge in [-0.1, -0.05) is 0 Å². The van der Waals surface area contributed by atoms with Crippen LogP contribution in [-0.2, 0) is 6.54 Å². The first-order chi connectivity index (χ1) is 14.0. The Balaban J connectivity index is 1.49. The van der Waals surface area contributed by atoms with Crippen molar-refractivity contribution in [3.63, 3.8) is 0 Å². The number of carbonyl (C=O) groups is 1. The number of benzene rings is 1. The van der Waals surface area contributed by atoms with E-state index in [9.17, 15) is 9.59 Å². The molecule has 1 aliphatic rings. The summed E-state index contributed by atoms with van der Waals surface area (Å²) in [4.78, 5) is 32.7. The number of amides is 1. The van der Waals surface area contributed by atoms with Gasteiger partial charge in [0.05, 0.1) is 24.7 Å². The third kappa shape index (κ3) is 4.02. The zero-order chi connectivity index (χ0) is 20.4. The van der Waals surface area contributed by atoms with Crippen LogP contribution in [0.3, 0.4) is 0 Å². The predicted molar refractivity (Wildman–Crippen MR) is 108 cm³/mol. The van der Waals surface area contributed by atoms with E-state index >= 15 is 0 Å². The molecule has 3 N–H and O–H groups in total. The Labute approximate surface area is 167 Å². The van der Waals surface area contributed by atoms with Gasteiger partial charge in [-0.15, -0.1) is 0 Å². The van der Waals surface area contributed by atoms with Gasteiger partial charge in [0.1, 0.15) is 22.9 Å². The minimum Gasteiger partial charge on any atom is -0.497 e. The van der Waals surface area contributed by atoms with Crippen molar-refractivity contribution < 1.29 is 13.9 Å². The van der Waals surface area contributed by atoms with Crippen LogP contribution < -0.4 is 21.0 Å². The van der Waals surface area contributed by atoms with Crippen molar-refractivity contribution in [3.05, 3.63) is 57.4 Å². The van der Waals surface area contributed by atoms with Crippen LogP contribution >= 0.6 is 0 Å². The molecule has 0 saturated carbocycles. The molecule has 8 heteroatoms. The molecule has 0 radical (unpaired) electrons. The monoisotopic (exact) mass is 396 g/mol. The molecule has 1 fully saturated rings. The van der Waals surface area contributed by atoms with Crippen molar-refractivity contribution in [1.82, 2.24) is 20.6 Å². The molecule has 1 aromatic carbocycles. The summed E-state index contributed by atoms with van der Waals surface area (Å²) < 4.78 is 10.7. The molecular formula is C21H24N4O4. The fraction of sp³-hybridized carbons (Fsp3) is 0.381. The summed E-state index contributed by atoms with van der Waals surface area (Å²) in [6, 6.07) is 7.31. The maximum Gasteiger partial charge on any atom is 0.349 e. The number of nitrogens with zero attached hydrogens (tertiary/aromatic N) is 1. The normalized spacial score (nSPS) is 16.7. The van der Waals surface area contributed by atoms with E-state index in [1.54, 1.807) is 20.1 Å². The number of imidazole rings is 1. The van der Waals surface area contributed by atoms with Gasteiger partial charge < -0.3 is 24.8 Å². The molecule has 3 heterocycles. The molecule has 1 saturated heterocycles. The second-order valence-corrected chi connectivity index (χ2v) is 7.29. The van der Waals surface area contributed by atoms with Crippen LogP contribution in [-0.4, -0.2) is 36.1 Å². The smallest absolute Gasteiger partial charge is 0.349 e. The van der Waals surface area contributed by atoms with Crippen LogP contribution in [0.25, 0.3) is 11.0 Å². The van der Waals surface area contributed by atoms with Crippen LogP contribution in [0, 0.1) is 6.92 Å². The van der Waals surface area contributed by atoms with Gasteiger partial charge in [-0.2, -0.15) is 0 Å². The van der Waals surface area contributed by atoms with E-state index < -0.39 is 11.5 Å². The second-order valence-electron chi connectivity index (χ2n) is 7.29. The average Bonchev–Trinajstić information content (AvgIpc) is 3.14. The van der Waals surface area contributed by atoms with Gasteiger partial charge in [0.2, 0.25) is 0 Å². The van der Waals surface area contributed by atoms with E-state index in [0.717, 1.165) is 42.7 Å². The van der Waals surface area contributed by atoms with Crippen molar-refractivity contribution in [2.75, 3.05) is 20.2 Å². The third-order valence-electron chi connectivity index (χ3n) is 5.25. The quantitative estimate of drug-likeness (QED) is 0.610. The first-order valence-electron chi connectivity index (χ1n) is 9.71. The van der Waals surface area contributed by atoms with E-state index in [0.29, 0.717) is 17.1 Å². The molecule has 0 aliphatic carbocycles. The number of piperidine rings is 1. The maximum atomic E-state index is 12.6. The number of ether oxygens (including phenoxy) is 1. The average molecular weight is 396 g/mol. The van der Waals surface area contributed by atoms with Crippen molar-refractivity contribution in [1.29, 1.82) is 0 Å². The molecule has 1 atom stereocenters. The number of hydrogen-bond acceptors (Lipinski definition) is 6. The number of aromatic amines is 1. The lowest BCUT2D eigenvalue weighted by Crippen LogP contribution is -2.31. The Hall–Kier alpha value is -3.13. The number of nitrogens with one attached hydrogen (secondary N) is 3. The lowest BCUT2D eigenvalue weighted by Gasteiger charge is -2.22. The van der Waals surface area contributed by atoms with E-state index in [-0.39, 0.29) is 18.0 Å². The molecule has 1 aliphatic heterocycles. The number of H-pyrrole nitrogens is 1. The number of hydrogen-bond donors (Lipinski definition) is 3. The Morgan fingerprint density at radius 1 is 1.38 bits per heavy atom. The lowest BCUT2D eigenvalue weighted by atomic mass is 9.95. The summed E-state index contributed by atoms with van der Waals surface area (Å²) in [5.74, 6) is 1.65. The minimum absolute atomic E-state index is 0.0373. The molecule has 2 aromatic heterocycles. The summed E-state index contributed by atoms with van der Waals surface area (Å²) in [6.07, 6.45) is 2.01. The Bertz CT molecular complexity index is 1100. The van der Waals surface area contributed by atoms with Crippen LogP contribution in [0.4, 0.5) is 0 Å². The Morgan fingerprint density at radius 3 is 2.97 bits per heavy atom.